The van der Waals surface area contributed by atoms with Crippen molar-refractivity contribution in [2.75, 3.05) is 7.11 Å². The maximum absolute atomic E-state index is 11.1. The van der Waals surface area contributed by atoms with E-state index in [9.17, 15) is 4.79 Å². The molecule has 0 amide bonds. The summed E-state index contributed by atoms with van der Waals surface area (Å²) < 4.78 is 10.8. The van der Waals surface area contributed by atoms with Crippen LogP contribution in [0.25, 0.3) is 22.6 Å². The molecule has 0 bridgehead atoms. The first-order chi connectivity index (χ1) is 13.8. The molecule has 4 heteroatoms. The zero-order valence-corrected chi connectivity index (χ0v) is 16.4. The number of benzene rings is 2. The Labute approximate surface area is 166 Å². The lowest BCUT2D eigenvalue weighted by Crippen LogP contribution is -1.99. The molecule has 0 unspecified atom stereocenters. The van der Waals surface area contributed by atoms with E-state index in [0.29, 0.717) is 6.42 Å². The Morgan fingerprint density at radius 3 is 2.14 bits per heavy atom. The number of methoxy groups -OCH3 is 1. The molecule has 0 aliphatic carbocycles. The van der Waals surface area contributed by atoms with Crippen LogP contribution in [0.4, 0.5) is 0 Å². The zero-order chi connectivity index (χ0) is 19.6. The predicted molar refractivity (Wildman–Crippen MR) is 111 cm³/mol. The molecule has 0 saturated carbocycles. The van der Waals surface area contributed by atoms with Crippen LogP contribution in [0.15, 0.2) is 65.1 Å². The number of unbranched alkanes of at least 4 members (excludes halogenated alkanes) is 4. The molecule has 0 radical (unpaired) electrons. The van der Waals surface area contributed by atoms with E-state index in [1.54, 1.807) is 0 Å². The highest BCUT2D eigenvalue weighted by atomic mass is 16.5. The molecule has 4 nitrogen and oxygen atoms in total. The Morgan fingerprint density at radius 1 is 0.857 bits per heavy atom. The molecule has 0 fully saturated rings. The lowest BCUT2D eigenvalue weighted by Gasteiger charge is -2.01. The molecule has 1 aromatic heterocycles. The van der Waals surface area contributed by atoms with Gasteiger partial charge in [0.15, 0.2) is 11.7 Å². The predicted octanol–water partition coefficient (Wildman–Crippen LogP) is 6.06. The van der Waals surface area contributed by atoms with Gasteiger partial charge in [-0.15, -0.1) is 0 Å². The fourth-order valence-corrected chi connectivity index (χ4v) is 3.23. The lowest BCUT2D eigenvalue weighted by atomic mass is 10.1. The summed E-state index contributed by atoms with van der Waals surface area (Å²) in [6.45, 7) is 0. The van der Waals surface area contributed by atoms with Crippen LogP contribution in [0.2, 0.25) is 0 Å². The van der Waals surface area contributed by atoms with Gasteiger partial charge in [0.05, 0.1) is 7.11 Å². The number of hydrogen-bond acceptors (Lipinski definition) is 4. The highest BCUT2D eigenvalue weighted by molar-refractivity contribution is 5.76. The van der Waals surface area contributed by atoms with Crippen LogP contribution in [-0.2, 0) is 16.0 Å². The van der Waals surface area contributed by atoms with Gasteiger partial charge in [0.25, 0.3) is 0 Å². The minimum Gasteiger partial charge on any atom is -0.469 e. The third-order valence-electron chi connectivity index (χ3n) is 4.75. The number of hydrogen-bond donors (Lipinski definition) is 0. The number of carbonyl (C=O) groups is 1. The summed E-state index contributed by atoms with van der Waals surface area (Å²) in [6.07, 6.45) is 6.51. The summed E-state index contributed by atoms with van der Waals surface area (Å²) in [4.78, 5) is 15.9. The molecule has 146 valence electrons. The van der Waals surface area contributed by atoms with Gasteiger partial charge in [-0.25, -0.2) is 4.98 Å². The monoisotopic (exact) mass is 377 g/mol. The van der Waals surface area contributed by atoms with Crippen molar-refractivity contribution in [1.29, 1.82) is 0 Å². The van der Waals surface area contributed by atoms with E-state index in [0.717, 1.165) is 67.0 Å². The second-order valence-corrected chi connectivity index (χ2v) is 6.86. The summed E-state index contributed by atoms with van der Waals surface area (Å²) in [6, 6.07) is 20.3. The van der Waals surface area contributed by atoms with Crippen molar-refractivity contribution in [3.8, 4) is 22.6 Å². The molecule has 0 N–H and O–H groups in total. The number of rotatable bonds is 10. The van der Waals surface area contributed by atoms with E-state index in [1.165, 1.54) is 7.11 Å². The van der Waals surface area contributed by atoms with Crippen molar-refractivity contribution in [3.05, 3.63) is 66.6 Å². The van der Waals surface area contributed by atoms with E-state index in [1.807, 2.05) is 36.4 Å². The van der Waals surface area contributed by atoms with Gasteiger partial charge in [0, 0.05) is 24.0 Å². The zero-order valence-electron chi connectivity index (χ0n) is 16.4. The summed E-state index contributed by atoms with van der Waals surface area (Å²) in [7, 11) is 1.44. The van der Waals surface area contributed by atoms with Crippen molar-refractivity contribution in [3.63, 3.8) is 0 Å². The highest BCUT2D eigenvalue weighted by Crippen LogP contribution is 2.32. The molecule has 1 heterocycles. The number of esters is 1. The van der Waals surface area contributed by atoms with Crippen LogP contribution in [0.3, 0.4) is 0 Å². The third-order valence-corrected chi connectivity index (χ3v) is 4.75. The standard InChI is InChI=1S/C24H27NO3/c1-27-22(26)18-12-4-2-3-11-17-21-25-23(19-13-7-5-8-14-19)24(28-21)20-15-9-6-10-16-20/h5-10,13-16H,2-4,11-12,17-18H2,1H3. The summed E-state index contributed by atoms with van der Waals surface area (Å²) in [5.74, 6) is 1.49. The van der Waals surface area contributed by atoms with E-state index >= 15 is 0 Å². The second-order valence-electron chi connectivity index (χ2n) is 6.86. The average Bonchev–Trinajstić information content (AvgIpc) is 3.18. The Morgan fingerprint density at radius 2 is 1.46 bits per heavy atom. The molecule has 2 aromatic carbocycles. The Bertz CT molecular complexity index is 799. The van der Waals surface area contributed by atoms with Crippen molar-refractivity contribution in [2.24, 2.45) is 0 Å². The van der Waals surface area contributed by atoms with Gasteiger partial charge >= 0.3 is 5.97 Å². The number of carbonyl (C=O) groups excluding carboxylic acids is 1. The summed E-state index contributed by atoms with van der Waals surface area (Å²) >= 11 is 0. The van der Waals surface area contributed by atoms with Gasteiger partial charge in [0.2, 0.25) is 0 Å². The summed E-state index contributed by atoms with van der Waals surface area (Å²) in [5.41, 5.74) is 3.02. The molecular weight excluding hydrogens is 350 g/mol. The molecular formula is C24H27NO3. The molecule has 0 saturated heterocycles. The normalized spacial score (nSPS) is 10.8. The molecule has 0 spiro atoms. The number of nitrogens with zero attached hydrogens (tertiary/aromatic N) is 1. The van der Waals surface area contributed by atoms with Crippen LogP contribution in [0.1, 0.15) is 44.4 Å². The maximum atomic E-state index is 11.1. The highest BCUT2D eigenvalue weighted by Gasteiger charge is 2.16. The minimum atomic E-state index is -0.123. The minimum absolute atomic E-state index is 0.123. The molecule has 28 heavy (non-hydrogen) atoms. The van der Waals surface area contributed by atoms with Crippen LogP contribution in [-0.4, -0.2) is 18.1 Å². The Hall–Kier alpha value is -2.88. The lowest BCUT2D eigenvalue weighted by molar-refractivity contribution is -0.140. The Balaban J connectivity index is 1.60. The largest absolute Gasteiger partial charge is 0.469 e. The maximum Gasteiger partial charge on any atom is 0.305 e. The van der Waals surface area contributed by atoms with Crippen molar-refractivity contribution >= 4 is 5.97 Å². The number of aryl methyl sites for hydroxylation is 1. The second kappa shape index (κ2) is 10.5. The topological polar surface area (TPSA) is 52.3 Å². The van der Waals surface area contributed by atoms with Crippen LogP contribution >= 0.6 is 0 Å². The van der Waals surface area contributed by atoms with Gasteiger partial charge in [-0.3, -0.25) is 4.79 Å². The third kappa shape index (κ3) is 5.56. The van der Waals surface area contributed by atoms with Crippen molar-refractivity contribution in [1.82, 2.24) is 4.98 Å². The van der Waals surface area contributed by atoms with Gasteiger partial charge < -0.3 is 9.15 Å². The van der Waals surface area contributed by atoms with E-state index in [2.05, 4.69) is 29.0 Å². The number of oxazole rings is 1. The van der Waals surface area contributed by atoms with E-state index in [-0.39, 0.29) is 5.97 Å². The Kier molecular flexibility index (Phi) is 7.42. The van der Waals surface area contributed by atoms with Crippen molar-refractivity contribution in [2.45, 2.75) is 44.9 Å². The quantitative estimate of drug-likeness (QED) is 0.318. The van der Waals surface area contributed by atoms with Crippen LogP contribution in [0.5, 0.6) is 0 Å². The number of aromatic nitrogens is 1. The molecule has 0 aliphatic heterocycles. The first kappa shape index (κ1) is 19.9. The SMILES string of the molecule is COC(=O)CCCCCCCc1nc(-c2ccccc2)c(-c2ccccc2)o1. The van der Waals surface area contributed by atoms with E-state index < -0.39 is 0 Å². The molecule has 3 aromatic rings. The van der Waals surface area contributed by atoms with E-state index in [4.69, 9.17) is 9.40 Å². The van der Waals surface area contributed by atoms with Crippen molar-refractivity contribution < 1.29 is 13.9 Å². The smallest absolute Gasteiger partial charge is 0.305 e. The molecule has 0 atom stereocenters. The fraction of sp³-hybridized carbons (Fsp3) is 0.333. The van der Waals surface area contributed by atoms with Gasteiger partial charge in [-0.1, -0.05) is 79.9 Å². The average molecular weight is 377 g/mol. The molecule has 0 aliphatic rings. The van der Waals surface area contributed by atoms with Gasteiger partial charge in [0.1, 0.15) is 5.69 Å². The van der Waals surface area contributed by atoms with Crippen LogP contribution < -0.4 is 0 Å². The first-order valence-corrected chi connectivity index (χ1v) is 9.95. The fourth-order valence-electron chi connectivity index (χ4n) is 3.23. The first-order valence-electron chi connectivity index (χ1n) is 9.95. The summed E-state index contributed by atoms with van der Waals surface area (Å²) in [5, 5.41) is 0. The van der Waals surface area contributed by atoms with Gasteiger partial charge in [-0.2, -0.15) is 0 Å². The van der Waals surface area contributed by atoms with Gasteiger partial charge in [-0.05, 0) is 12.8 Å². The molecule has 3 rings (SSSR count). The van der Waals surface area contributed by atoms with Crippen LogP contribution in [0, 0.1) is 0 Å². The number of ether oxygens (including phenoxy) is 1.